The van der Waals surface area contributed by atoms with Crippen LogP contribution in [0.4, 0.5) is 0 Å². The molecule has 0 heterocycles. The summed E-state index contributed by atoms with van der Waals surface area (Å²) in [6, 6.07) is 19.9. The molecule has 23 heavy (non-hydrogen) atoms. The van der Waals surface area contributed by atoms with Gasteiger partial charge in [-0.15, -0.1) is 0 Å². The van der Waals surface area contributed by atoms with Gasteiger partial charge in [-0.3, -0.25) is 0 Å². The molecule has 0 bridgehead atoms. The highest BCUT2D eigenvalue weighted by Gasteiger charge is 2.35. The zero-order valence-corrected chi connectivity index (χ0v) is 14.4. The first-order chi connectivity index (χ1) is 11.2. The third kappa shape index (κ3) is 3.44. The summed E-state index contributed by atoms with van der Waals surface area (Å²) >= 11 is 0. The Morgan fingerprint density at radius 1 is 0.870 bits per heavy atom. The molecule has 0 radical (unpaired) electrons. The Hall–Kier alpha value is -1.76. The highest BCUT2D eigenvalue weighted by atomic mass is 16.5. The normalized spacial score (nSPS) is 18.3. The fourth-order valence-corrected chi connectivity index (χ4v) is 3.82. The topological polar surface area (TPSA) is 9.23 Å². The summed E-state index contributed by atoms with van der Waals surface area (Å²) in [6.45, 7) is 4.28. The van der Waals surface area contributed by atoms with Crippen molar-refractivity contribution < 1.29 is 4.74 Å². The van der Waals surface area contributed by atoms with E-state index in [-0.39, 0.29) is 11.5 Å². The van der Waals surface area contributed by atoms with E-state index in [9.17, 15) is 0 Å². The largest absolute Gasteiger partial charge is 0.491 e. The van der Waals surface area contributed by atoms with E-state index in [2.05, 4.69) is 68.4 Å². The Bertz CT molecular complexity index is 594. The molecular weight excluding hydrogens is 280 g/mol. The Kier molecular flexibility index (Phi) is 5.05. The first kappa shape index (κ1) is 16.1. The second-order valence-electron chi connectivity index (χ2n) is 6.87. The van der Waals surface area contributed by atoms with Gasteiger partial charge in [0.1, 0.15) is 5.75 Å². The van der Waals surface area contributed by atoms with Crippen molar-refractivity contribution in [3.8, 4) is 5.75 Å². The maximum atomic E-state index is 5.94. The van der Waals surface area contributed by atoms with Crippen molar-refractivity contribution >= 4 is 0 Å². The molecule has 1 aliphatic rings. The van der Waals surface area contributed by atoms with Crippen molar-refractivity contribution in [2.45, 2.75) is 63.9 Å². The van der Waals surface area contributed by atoms with Crippen molar-refractivity contribution in [2.24, 2.45) is 0 Å². The van der Waals surface area contributed by atoms with E-state index in [1.807, 2.05) is 0 Å². The quantitative estimate of drug-likeness (QED) is 0.647. The molecule has 1 saturated carbocycles. The molecule has 3 rings (SSSR count). The molecule has 2 aromatic carbocycles. The lowest BCUT2D eigenvalue weighted by atomic mass is 9.65. The molecular formula is C22H28O. The molecule has 0 aliphatic heterocycles. The molecule has 0 N–H and O–H groups in total. The fraction of sp³-hybridized carbons (Fsp3) is 0.455. The number of ether oxygens (including phenoxy) is 1. The molecule has 0 amide bonds. The van der Waals surface area contributed by atoms with Gasteiger partial charge in [-0.2, -0.15) is 0 Å². The summed E-state index contributed by atoms with van der Waals surface area (Å²) in [5, 5.41) is 0. The van der Waals surface area contributed by atoms with Crippen molar-refractivity contribution in [3.63, 3.8) is 0 Å². The molecule has 1 nitrogen and oxygen atoms in total. The molecule has 0 spiro atoms. The van der Waals surface area contributed by atoms with E-state index < -0.39 is 0 Å². The summed E-state index contributed by atoms with van der Waals surface area (Å²) in [7, 11) is 0. The smallest absolute Gasteiger partial charge is 0.119 e. The van der Waals surface area contributed by atoms with Crippen LogP contribution in [-0.2, 0) is 5.41 Å². The van der Waals surface area contributed by atoms with Crippen LogP contribution < -0.4 is 4.74 Å². The van der Waals surface area contributed by atoms with Crippen LogP contribution in [0.5, 0.6) is 5.75 Å². The Balaban J connectivity index is 1.91. The molecule has 0 aromatic heterocycles. The molecule has 1 aliphatic carbocycles. The van der Waals surface area contributed by atoms with Crippen LogP contribution in [-0.4, -0.2) is 6.10 Å². The van der Waals surface area contributed by atoms with E-state index in [4.69, 9.17) is 4.74 Å². The van der Waals surface area contributed by atoms with Crippen LogP contribution >= 0.6 is 0 Å². The van der Waals surface area contributed by atoms with Gasteiger partial charge in [0.05, 0.1) is 6.10 Å². The SMILES string of the molecule is CCC(C)Oc1ccc(C2(c3ccccc3)CCCCC2)cc1. The highest BCUT2D eigenvalue weighted by molar-refractivity contribution is 5.42. The van der Waals surface area contributed by atoms with Gasteiger partial charge in [0, 0.05) is 5.41 Å². The second-order valence-corrected chi connectivity index (χ2v) is 6.87. The standard InChI is InChI=1S/C22H28O/c1-3-18(2)23-21-14-12-20(13-15-21)22(16-8-5-9-17-22)19-10-6-4-7-11-19/h4,6-7,10-15,18H,3,5,8-9,16-17H2,1-2H3. The van der Waals surface area contributed by atoms with E-state index in [0.717, 1.165) is 12.2 Å². The van der Waals surface area contributed by atoms with E-state index in [1.165, 1.54) is 43.2 Å². The van der Waals surface area contributed by atoms with Crippen LogP contribution in [0.15, 0.2) is 54.6 Å². The van der Waals surface area contributed by atoms with Gasteiger partial charge in [0.2, 0.25) is 0 Å². The maximum Gasteiger partial charge on any atom is 0.119 e. The number of benzene rings is 2. The minimum Gasteiger partial charge on any atom is -0.491 e. The van der Waals surface area contributed by atoms with E-state index >= 15 is 0 Å². The third-order valence-electron chi connectivity index (χ3n) is 5.35. The minimum absolute atomic E-state index is 0.189. The van der Waals surface area contributed by atoms with Crippen LogP contribution in [0.2, 0.25) is 0 Å². The minimum atomic E-state index is 0.189. The zero-order valence-electron chi connectivity index (χ0n) is 14.4. The van der Waals surface area contributed by atoms with Crippen molar-refractivity contribution in [1.82, 2.24) is 0 Å². The average molecular weight is 308 g/mol. The maximum absolute atomic E-state index is 5.94. The zero-order chi connectivity index (χ0) is 16.1. The first-order valence-electron chi connectivity index (χ1n) is 9.07. The monoisotopic (exact) mass is 308 g/mol. The molecule has 122 valence electrons. The van der Waals surface area contributed by atoms with Gasteiger partial charge in [-0.1, -0.05) is 68.7 Å². The Labute approximate surface area is 140 Å². The third-order valence-corrected chi connectivity index (χ3v) is 5.35. The molecule has 1 atom stereocenters. The number of hydrogen-bond acceptors (Lipinski definition) is 1. The summed E-state index contributed by atoms with van der Waals surface area (Å²) in [6.07, 6.45) is 7.82. The Morgan fingerprint density at radius 2 is 1.48 bits per heavy atom. The Morgan fingerprint density at radius 3 is 2.09 bits per heavy atom. The van der Waals surface area contributed by atoms with Crippen LogP contribution in [0.3, 0.4) is 0 Å². The van der Waals surface area contributed by atoms with Gasteiger partial charge in [-0.05, 0) is 49.4 Å². The number of rotatable bonds is 5. The highest BCUT2D eigenvalue weighted by Crippen LogP contribution is 2.45. The van der Waals surface area contributed by atoms with Crippen molar-refractivity contribution in [2.75, 3.05) is 0 Å². The van der Waals surface area contributed by atoms with Gasteiger partial charge >= 0.3 is 0 Å². The second kappa shape index (κ2) is 7.21. The fourth-order valence-electron chi connectivity index (χ4n) is 3.82. The van der Waals surface area contributed by atoms with Crippen LogP contribution in [0, 0.1) is 0 Å². The average Bonchev–Trinajstić information content (AvgIpc) is 2.63. The summed E-state index contributed by atoms with van der Waals surface area (Å²) < 4.78 is 5.94. The summed E-state index contributed by atoms with van der Waals surface area (Å²) in [4.78, 5) is 0. The molecule has 0 saturated heterocycles. The predicted octanol–water partition coefficient (Wildman–Crippen LogP) is 6.11. The van der Waals surface area contributed by atoms with E-state index in [1.54, 1.807) is 0 Å². The van der Waals surface area contributed by atoms with E-state index in [0.29, 0.717) is 0 Å². The van der Waals surface area contributed by atoms with Gasteiger partial charge in [0.25, 0.3) is 0 Å². The summed E-state index contributed by atoms with van der Waals surface area (Å²) in [5.74, 6) is 0.988. The van der Waals surface area contributed by atoms with Gasteiger partial charge in [-0.25, -0.2) is 0 Å². The molecule has 1 heteroatoms. The van der Waals surface area contributed by atoms with Crippen molar-refractivity contribution in [3.05, 3.63) is 65.7 Å². The molecule has 1 fully saturated rings. The van der Waals surface area contributed by atoms with Crippen LogP contribution in [0.25, 0.3) is 0 Å². The summed E-state index contributed by atoms with van der Waals surface area (Å²) in [5.41, 5.74) is 3.10. The lowest BCUT2D eigenvalue weighted by Crippen LogP contribution is -2.30. The van der Waals surface area contributed by atoms with Gasteiger partial charge in [0.15, 0.2) is 0 Å². The lowest BCUT2D eigenvalue weighted by Gasteiger charge is -2.38. The molecule has 2 aromatic rings. The predicted molar refractivity (Wildman–Crippen MR) is 97.1 cm³/mol. The van der Waals surface area contributed by atoms with Gasteiger partial charge < -0.3 is 4.74 Å². The first-order valence-corrected chi connectivity index (χ1v) is 9.07. The van der Waals surface area contributed by atoms with Crippen molar-refractivity contribution in [1.29, 1.82) is 0 Å². The number of hydrogen-bond donors (Lipinski definition) is 0. The van der Waals surface area contributed by atoms with Crippen LogP contribution in [0.1, 0.15) is 63.5 Å². The lowest BCUT2D eigenvalue weighted by molar-refractivity contribution is 0.217. The molecule has 1 unspecified atom stereocenters.